The van der Waals surface area contributed by atoms with Crippen molar-refractivity contribution >= 4 is 93.1 Å². The molecule has 0 aliphatic carbocycles. The van der Waals surface area contributed by atoms with Crippen molar-refractivity contribution < 1.29 is 4.42 Å². The fourth-order valence-corrected chi connectivity index (χ4v) is 8.27. The minimum Gasteiger partial charge on any atom is -0.456 e. The smallest absolute Gasteiger partial charge is 0.135 e. The maximum absolute atomic E-state index is 6.28. The van der Waals surface area contributed by atoms with Crippen LogP contribution in [-0.2, 0) is 0 Å². The summed E-state index contributed by atoms with van der Waals surface area (Å²) in [6.45, 7) is 0. The molecule has 0 saturated heterocycles. The predicted molar refractivity (Wildman–Crippen MR) is 215 cm³/mol. The molecular weight excluding hydrogens is 621 g/mol. The van der Waals surface area contributed by atoms with E-state index in [1.165, 1.54) is 54.1 Å². The number of furan rings is 1. The molecule has 9 aromatic carbocycles. The third kappa shape index (κ3) is 4.19. The first-order valence-corrected chi connectivity index (χ1v) is 17.4. The van der Waals surface area contributed by atoms with Gasteiger partial charge in [0.15, 0.2) is 0 Å². The highest BCUT2D eigenvalue weighted by molar-refractivity contribution is 6.20. The van der Waals surface area contributed by atoms with Gasteiger partial charge in [-0.3, -0.25) is 0 Å². The van der Waals surface area contributed by atoms with Gasteiger partial charge in [0.2, 0.25) is 0 Å². The van der Waals surface area contributed by atoms with Crippen molar-refractivity contribution in [1.29, 1.82) is 0 Å². The van der Waals surface area contributed by atoms with E-state index in [4.69, 9.17) is 4.42 Å². The van der Waals surface area contributed by atoms with Gasteiger partial charge in [-0.05, 0) is 93.7 Å². The minimum absolute atomic E-state index is 0.886. The van der Waals surface area contributed by atoms with Crippen LogP contribution >= 0.6 is 0 Å². The molecule has 0 unspecified atom stereocenters. The average Bonchev–Trinajstić information content (AvgIpc) is 3.73. The Morgan fingerprint density at radius 3 is 1.86 bits per heavy atom. The molecule has 238 valence electrons. The summed E-state index contributed by atoms with van der Waals surface area (Å²) in [5.74, 6) is 0. The van der Waals surface area contributed by atoms with Gasteiger partial charge >= 0.3 is 0 Å². The first-order chi connectivity index (χ1) is 25.3. The Balaban J connectivity index is 1.20. The second-order valence-corrected chi connectivity index (χ2v) is 13.3. The molecule has 3 heteroatoms. The molecule has 0 fully saturated rings. The number of aromatic nitrogens is 1. The van der Waals surface area contributed by atoms with Crippen LogP contribution < -0.4 is 4.90 Å². The number of anilines is 3. The molecule has 0 saturated carbocycles. The van der Waals surface area contributed by atoms with Gasteiger partial charge in [-0.15, -0.1) is 0 Å². The average molecular weight is 651 g/mol. The van der Waals surface area contributed by atoms with Crippen molar-refractivity contribution in [1.82, 2.24) is 4.57 Å². The molecule has 2 aromatic heterocycles. The second kappa shape index (κ2) is 10.8. The molecule has 0 spiro atoms. The first kappa shape index (κ1) is 28.0. The molecular formula is C48H30N2O. The van der Waals surface area contributed by atoms with Crippen LogP contribution in [0.3, 0.4) is 0 Å². The highest BCUT2D eigenvalue weighted by atomic mass is 16.3. The van der Waals surface area contributed by atoms with Crippen molar-refractivity contribution in [2.75, 3.05) is 4.90 Å². The molecule has 2 heterocycles. The Morgan fingerprint density at radius 2 is 0.961 bits per heavy atom. The number of para-hydroxylation sites is 3. The van der Waals surface area contributed by atoms with E-state index in [9.17, 15) is 0 Å². The molecule has 11 aromatic rings. The molecule has 0 amide bonds. The summed E-state index contributed by atoms with van der Waals surface area (Å²) in [5.41, 5.74) is 8.60. The first-order valence-electron chi connectivity index (χ1n) is 17.4. The monoisotopic (exact) mass is 650 g/mol. The van der Waals surface area contributed by atoms with Crippen LogP contribution in [0.15, 0.2) is 186 Å². The quantitative estimate of drug-likeness (QED) is 0.177. The van der Waals surface area contributed by atoms with E-state index in [0.717, 1.165) is 44.7 Å². The lowest BCUT2D eigenvalue weighted by molar-refractivity contribution is 0.669. The van der Waals surface area contributed by atoms with E-state index < -0.39 is 0 Å². The molecule has 0 radical (unpaired) electrons. The van der Waals surface area contributed by atoms with Gasteiger partial charge < -0.3 is 13.9 Å². The van der Waals surface area contributed by atoms with Gasteiger partial charge in [-0.2, -0.15) is 0 Å². The van der Waals surface area contributed by atoms with E-state index in [-0.39, 0.29) is 0 Å². The lowest BCUT2D eigenvalue weighted by Crippen LogP contribution is -2.10. The third-order valence-corrected chi connectivity index (χ3v) is 10.5. The summed E-state index contributed by atoms with van der Waals surface area (Å²) in [6, 6.07) is 65.7. The van der Waals surface area contributed by atoms with E-state index in [2.05, 4.69) is 179 Å². The van der Waals surface area contributed by atoms with Gasteiger partial charge in [-0.25, -0.2) is 0 Å². The summed E-state index contributed by atoms with van der Waals surface area (Å²) < 4.78 is 8.65. The van der Waals surface area contributed by atoms with Gasteiger partial charge in [0.05, 0.1) is 16.7 Å². The molecule has 3 nitrogen and oxygen atoms in total. The zero-order valence-electron chi connectivity index (χ0n) is 27.6. The largest absolute Gasteiger partial charge is 0.456 e. The number of nitrogens with zero attached hydrogens (tertiary/aromatic N) is 2. The van der Waals surface area contributed by atoms with Gasteiger partial charge in [0.25, 0.3) is 0 Å². The molecule has 0 N–H and O–H groups in total. The topological polar surface area (TPSA) is 21.3 Å². The third-order valence-electron chi connectivity index (χ3n) is 10.5. The Bertz CT molecular complexity index is 3150. The van der Waals surface area contributed by atoms with E-state index >= 15 is 0 Å². The van der Waals surface area contributed by atoms with Crippen LogP contribution in [0.1, 0.15) is 0 Å². The maximum atomic E-state index is 6.28. The second-order valence-electron chi connectivity index (χ2n) is 13.3. The molecule has 0 atom stereocenters. The van der Waals surface area contributed by atoms with E-state index in [0.29, 0.717) is 0 Å². The van der Waals surface area contributed by atoms with Crippen molar-refractivity contribution in [2.45, 2.75) is 0 Å². The Morgan fingerprint density at radius 1 is 0.353 bits per heavy atom. The number of rotatable bonds is 4. The van der Waals surface area contributed by atoms with E-state index in [1.54, 1.807) is 0 Å². The van der Waals surface area contributed by atoms with Gasteiger partial charge in [-0.1, -0.05) is 115 Å². The molecule has 11 rings (SSSR count). The zero-order valence-corrected chi connectivity index (χ0v) is 27.6. The summed E-state index contributed by atoms with van der Waals surface area (Å²) in [5, 5.41) is 12.1. The SMILES string of the molecule is c1ccc(-n2c3ccccc3c3cc(N(c4ccc5oc6ccccc6c5c4)c4cccc5c4ccc4c6ccccc6ccc54)ccc32)cc1. The van der Waals surface area contributed by atoms with Crippen molar-refractivity contribution in [3.63, 3.8) is 0 Å². The Labute approximate surface area is 293 Å². The fraction of sp³-hybridized carbons (Fsp3) is 0. The summed E-state index contributed by atoms with van der Waals surface area (Å²) in [4.78, 5) is 2.42. The van der Waals surface area contributed by atoms with Crippen LogP contribution in [-0.4, -0.2) is 4.57 Å². The minimum atomic E-state index is 0.886. The lowest BCUT2D eigenvalue weighted by Gasteiger charge is -2.27. The van der Waals surface area contributed by atoms with Crippen LogP contribution in [0.5, 0.6) is 0 Å². The maximum Gasteiger partial charge on any atom is 0.135 e. The fourth-order valence-electron chi connectivity index (χ4n) is 8.27. The van der Waals surface area contributed by atoms with Crippen LogP contribution in [0.2, 0.25) is 0 Å². The molecule has 0 aliphatic rings. The van der Waals surface area contributed by atoms with Crippen molar-refractivity contribution in [3.05, 3.63) is 182 Å². The molecule has 51 heavy (non-hydrogen) atoms. The summed E-state index contributed by atoms with van der Waals surface area (Å²) in [7, 11) is 0. The van der Waals surface area contributed by atoms with E-state index in [1.807, 2.05) is 12.1 Å². The van der Waals surface area contributed by atoms with Crippen molar-refractivity contribution in [2.24, 2.45) is 0 Å². The normalized spacial score (nSPS) is 11.9. The number of hydrogen-bond acceptors (Lipinski definition) is 2. The zero-order chi connectivity index (χ0) is 33.5. The summed E-state index contributed by atoms with van der Waals surface area (Å²) in [6.07, 6.45) is 0. The van der Waals surface area contributed by atoms with Crippen LogP contribution in [0, 0.1) is 0 Å². The number of hydrogen-bond donors (Lipinski definition) is 0. The number of fused-ring (bicyclic) bond motifs is 11. The standard InChI is InChI=1S/C48H30N2O/c1-2-12-32(13-3-1)50-45-18-8-6-15-39(45)42-29-33(22-27-46(42)50)49(34-23-28-48-43(30-34)41-16-7-9-20-47(41)51-48)44-19-10-17-36-38-24-21-31-11-4-5-14-35(31)37(38)25-26-40(36)44/h1-30H. The van der Waals surface area contributed by atoms with Gasteiger partial charge in [0, 0.05) is 44.0 Å². The number of benzene rings is 9. The van der Waals surface area contributed by atoms with Crippen LogP contribution in [0.25, 0.3) is 81.7 Å². The molecule has 0 bridgehead atoms. The lowest BCUT2D eigenvalue weighted by atomic mass is 9.96. The highest BCUT2D eigenvalue weighted by Crippen LogP contribution is 2.45. The highest BCUT2D eigenvalue weighted by Gasteiger charge is 2.21. The van der Waals surface area contributed by atoms with Crippen LogP contribution in [0.4, 0.5) is 17.1 Å². The predicted octanol–water partition coefficient (Wildman–Crippen LogP) is 13.6. The summed E-state index contributed by atoms with van der Waals surface area (Å²) >= 11 is 0. The Kier molecular flexibility index (Phi) is 5.96. The van der Waals surface area contributed by atoms with Gasteiger partial charge in [0.1, 0.15) is 11.2 Å². The molecule has 0 aliphatic heterocycles. The Hall–Kier alpha value is -6.84. The van der Waals surface area contributed by atoms with Crippen molar-refractivity contribution in [3.8, 4) is 5.69 Å².